The first-order valence-corrected chi connectivity index (χ1v) is 37.2. The third-order valence-electron chi connectivity index (χ3n) is 17.3. The van der Waals surface area contributed by atoms with Crippen LogP contribution in [0.4, 0.5) is 35.1 Å². The second-order valence-corrected chi connectivity index (χ2v) is 26.0. The number of esters is 1. The molecular formula is C90H54ClF8N21O12. The summed E-state index contributed by atoms with van der Waals surface area (Å²) in [5, 5.41) is 71.7. The summed E-state index contributed by atoms with van der Waals surface area (Å²) in [7, 11) is 1.29. The van der Waals surface area contributed by atoms with E-state index in [4.69, 9.17) is 53.2 Å². The summed E-state index contributed by atoms with van der Waals surface area (Å²) >= 11 is 5.63. The molecule has 8 N–H and O–H groups in total. The number of benzene rings is 8. The van der Waals surface area contributed by atoms with E-state index in [2.05, 4.69) is 85.8 Å². The smallest absolute Gasteiger partial charge is 0.508 e. The molecule has 0 aliphatic rings. The summed E-state index contributed by atoms with van der Waals surface area (Å²) in [5.74, 6) is -1.68. The van der Waals surface area contributed by atoms with Gasteiger partial charge in [-0.3, -0.25) is 33.6 Å². The van der Waals surface area contributed by atoms with Gasteiger partial charge in [-0.1, -0.05) is 103 Å². The number of alkyl halides is 6. The second-order valence-electron chi connectivity index (χ2n) is 25.5. The lowest BCUT2D eigenvalue weighted by atomic mass is 10.0. The molecule has 0 saturated carbocycles. The van der Waals surface area contributed by atoms with E-state index in [1.165, 1.54) is 81.2 Å². The number of rotatable bonds is 13. The Hall–Kier alpha value is -19.3. The summed E-state index contributed by atoms with van der Waals surface area (Å²) < 4.78 is 114. The Balaban J connectivity index is 0.000000173. The lowest BCUT2D eigenvalue weighted by Gasteiger charge is -2.09. The van der Waals surface area contributed by atoms with E-state index in [0.29, 0.717) is 75.3 Å². The van der Waals surface area contributed by atoms with Crippen molar-refractivity contribution in [1.29, 1.82) is 36.8 Å². The van der Waals surface area contributed by atoms with Crippen LogP contribution >= 0.6 is 11.6 Å². The Morgan fingerprint density at radius 3 is 1.05 bits per heavy atom. The van der Waals surface area contributed by atoms with Gasteiger partial charge in [-0.25, -0.2) is 48.5 Å². The van der Waals surface area contributed by atoms with Gasteiger partial charge in [0.2, 0.25) is 0 Å². The normalized spacial score (nSPS) is 10.2. The standard InChI is InChI=1S/C17H11N3O.C14H11N3O2.C13H9N3O3.C12H5F4N3O.C12H6F3N3O2.C11H5ClFN3O.C11H7N3O2/c18-10-15-16(19-11-20-17(15)21)14-8-6-13(7-9-14)12-4-2-1-3-5-12;1-2-7-19-11-5-3-10(4-6-11)13-12(8-15)14(18)17-9-16-13;1-19-13(18)9-4-2-8(3-5-9)11-10(6-14)12(17)16-7-15-11;13-9-2-1-6(12(14,15)16)3-7(9)10-8(4-17)11(20)19-5-18-10;13-12(14,15)20-8-3-1-7(2-4-8)10-9(5-16)11(19)18-6-17-10;12-8-3-6(1-2-9(8)13)10-7(4-14)11(17)16-5-15-10;12-5-9-10(13-6-14-11(9)16)7-2-1-3-8(15)4-7/h1-9,11H,(H,19,20,21);2-6,9H,1,7H2,(H,16,17,18);2-5,7H,1H3,(H,15,16,17);1-3,5H,(H,18,19,20);1-4,6H,(H,17,18,19);1-3,5H,(H,15,16,17);1-4,6,15H,(H,13,14,16). The molecule has 42 heteroatoms. The minimum Gasteiger partial charge on any atom is -0.508 e. The maximum absolute atomic E-state index is 13.7. The summed E-state index contributed by atoms with van der Waals surface area (Å²) in [6.45, 7) is 3.99. The van der Waals surface area contributed by atoms with Crippen LogP contribution in [0.15, 0.2) is 279 Å². The molecule has 8 aromatic carbocycles. The van der Waals surface area contributed by atoms with Crippen molar-refractivity contribution in [1.82, 2.24) is 69.8 Å². The number of H-pyrrole nitrogens is 7. The van der Waals surface area contributed by atoms with Crippen molar-refractivity contribution in [2.75, 3.05) is 13.7 Å². The highest BCUT2D eigenvalue weighted by Crippen LogP contribution is 2.35. The van der Waals surface area contributed by atoms with Crippen molar-refractivity contribution in [3.8, 4) is 150 Å². The SMILES string of the molecule is C=CCOc1ccc(-c2nc[nH]c(=O)c2C#N)cc1.COC(=O)c1ccc(-c2nc[nH]c(=O)c2C#N)cc1.N#Cc1c(-c2cc(C(F)(F)F)ccc2F)nc[nH]c1=O.N#Cc1c(-c2ccc(-c3ccccc3)cc2)nc[nH]c1=O.N#Cc1c(-c2ccc(F)c(Cl)c2)nc[nH]c1=O.N#Cc1c(-c2ccc(OC(F)(F)F)cc2)nc[nH]c1=O.N#Cc1c(-c2cccc(O)c2)nc[nH]c1=O. The fourth-order valence-corrected chi connectivity index (χ4v) is 11.4. The molecule has 132 heavy (non-hydrogen) atoms. The minimum atomic E-state index is -4.78. The molecule has 0 fully saturated rings. The summed E-state index contributed by atoms with van der Waals surface area (Å²) in [5.41, 5.74) is 0.523. The zero-order valence-electron chi connectivity index (χ0n) is 67.0. The predicted octanol–water partition coefficient (Wildman–Crippen LogP) is 13.7. The molecular weight excluding hydrogens is 1750 g/mol. The van der Waals surface area contributed by atoms with E-state index in [0.717, 1.165) is 47.5 Å². The van der Waals surface area contributed by atoms with E-state index in [1.54, 1.807) is 84.9 Å². The molecule has 0 amide bonds. The fraction of sp³-hybridized carbons (Fsp3) is 0.0444. The van der Waals surface area contributed by atoms with Crippen LogP contribution in [-0.4, -0.2) is 101 Å². The van der Waals surface area contributed by atoms with E-state index in [-0.39, 0.29) is 66.9 Å². The number of ether oxygens (including phenoxy) is 3. The number of aromatic amines is 7. The van der Waals surface area contributed by atoms with Gasteiger partial charge in [-0.15, -0.1) is 13.2 Å². The van der Waals surface area contributed by atoms with Crippen molar-refractivity contribution < 1.29 is 59.2 Å². The first kappa shape index (κ1) is 96.5. The number of aromatic nitrogens is 14. The van der Waals surface area contributed by atoms with Gasteiger partial charge in [0.25, 0.3) is 38.9 Å². The number of nitriles is 7. The number of carbonyl (C=O) groups excluding carboxylic acids is 1. The number of hydrogen-bond acceptors (Lipinski definition) is 26. The monoisotopic (exact) mass is 1810 g/mol. The molecule has 7 heterocycles. The van der Waals surface area contributed by atoms with Crippen molar-refractivity contribution in [3.63, 3.8) is 0 Å². The lowest BCUT2D eigenvalue weighted by Crippen LogP contribution is -2.17. The first-order valence-electron chi connectivity index (χ1n) is 36.8. The van der Waals surface area contributed by atoms with Crippen LogP contribution in [0.1, 0.15) is 54.9 Å². The van der Waals surface area contributed by atoms with Crippen LogP contribution in [0.2, 0.25) is 5.02 Å². The number of phenolic OH excluding ortho intramolecular Hbond substituents is 1. The van der Waals surface area contributed by atoms with Gasteiger partial charge >= 0.3 is 18.5 Å². The van der Waals surface area contributed by atoms with E-state index < -0.39 is 97.2 Å². The molecule has 0 saturated heterocycles. The zero-order chi connectivity index (χ0) is 95.8. The van der Waals surface area contributed by atoms with Crippen LogP contribution in [0.5, 0.6) is 17.2 Å². The molecule has 654 valence electrons. The van der Waals surface area contributed by atoms with Crippen LogP contribution in [-0.2, 0) is 10.9 Å². The lowest BCUT2D eigenvalue weighted by molar-refractivity contribution is -0.274. The third-order valence-corrected chi connectivity index (χ3v) is 17.6. The number of phenols is 1. The average molecular weight is 1810 g/mol. The molecule has 15 aromatic rings. The van der Waals surface area contributed by atoms with Crippen LogP contribution in [0, 0.1) is 91.0 Å². The van der Waals surface area contributed by atoms with E-state index in [1.807, 2.05) is 72.8 Å². The minimum absolute atomic E-state index is 0.00209. The van der Waals surface area contributed by atoms with Gasteiger partial charge in [-0.2, -0.15) is 50.0 Å². The molecule has 15 rings (SSSR count). The molecule has 0 unspecified atom stereocenters. The van der Waals surface area contributed by atoms with Gasteiger partial charge in [0.15, 0.2) is 0 Å². The van der Waals surface area contributed by atoms with Crippen LogP contribution in [0.25, 0.3) is 89.9 Å². The van der Waals surface area contributed by atoms with Gasteiger partial charge in [-0.05, 0) is 120 Å². The summed E-state index contributed by atoms with van der Waals surface area (Å²) in [4.78, 5) is 135. The highest BCUT2D eigenvalue weighted by Gasteiger charge is 2.33. The summed E-state index contributed by atoms with van der Waals surface area (Å²) in [6, 6.07) is 59.8. The summed E-state index contributed by atoms with van der Waals surface area (Å²) in [6.07, 6.45) is 0.421. The zero-order valence-corrected chi connectivity index (χ0v) is 67.8. The molecule has 7 aromatic heterocycles. The van der Waals surface area contributed by atoms with Crippen molar-refractivity contribution in [2.45, 2.75) is 12.5 Å². The number of hydrogen-bond donors (Lipinski definition) is 8. The molecule has 0 spiro atoms. The third kappa shape index (κ3) is 25.2. The number of halogens is 9. The maximum atomic E-state index is 13.7. The molecule has 0 radical (unpaired) electrons. The number of nitrogens with zero attached hydrogens (tertiary/aromatic N) is 14. The highest BCUT2D eigenvalue weighted by atomic mass is 35.5. The molecule has 0 aliphatic carbocycles. The molecule has 0 aliphatic heterocycles. The van der Waals surface area contributed by atoms with E-state index >= 15 is 0 Å². The second kappa shape index (κ2) is 45.4. The Morgan fingerprint density at radius 2 is 0.705 bits per heavy atom. The predicted molar refractivity (Wildman–Crippen MR) is 456 cm³/mol. The average Bonchev–Trinajstić information content (AvgIpc) is 0.787. The highest BCUT2D eigenvalue weighted by molar-refractivity contribution is 6.31. The van der Waals surface area contributed by atoms with Crippen LogP contribution < -0.4 is 48.4 Å². The Morgan fingerprint density at radius 1 is 0.394 bits per heavy atom. The quantitative estimate of drug-likeness (QED) is 0.0302. The van der Waals surface area contributed by atoms with Gasteiger partial charge in [0.05, 0.1) is 107 Å². The molecule has 0 atom stereocenters. The largest absolute Gasteiger partial charge is 0.573 e. The maximum Gasteiger partial charge on any atom is 0.573 e. The van der Waals surface area contributed by atoms with Crippen molar-refractivity contribution in [3.05, 3.63) is 384 Å². The van der Waals surface area contributed by atoms with Gasteiger partial charge in [0.1, 0.15) is 117 Å². The first-order chi connectivity index (χ1) is 63.3. The number of methoxy groups -OCH3 is 1. The van der Waals surface area contributed by atoms with E-state index in [9.17, 15) is 78.6 Å². The number of carbonyl (C=O) groups is 1. The number of nitrogens with one attached hydrogen (secondary N) is 7. The van der Waals surface area contributed by atoms with Crippen molar-refractivity contribution >= 4 is 17.6 Å². The fourth-order valence-electron chi connectivity index (χ4n) is 11.2. The Kier molecular flexibility index (Phi) is 33.2. The number of aromatic hydroxyl groups is 1. The Labute approximate surface area is 740 Å². The van der Waals surface area contributed by atoms with Crippen LogP contribution in [0.3, 0.4) is 0 Å². The Bertz CT molecular complexity index is 7540. The molecule has 33 nitrogen and oxygen atoms in total. The molecule has 0 bridgehead atoms. The topological polar surface area (TPSA) is 552 Å². The van der Waals surface area contributed by atoms with Crippen molar-refractivity contribution in [2.24, 2.45) is 0 Å². The van der Waals surface area contributed by atoms with Gasteiger partial charge < -0.3 is 54.2 Å². The van der Waals surface area contributed by atoms with Gasteiger partial charge in [0, 0.05) is 38.9 Å².